The monoisotopic (exact) mass is 221 g/mol. The molecule has 0 aliphatic rings. The van der Waals surface area contributed by atoms with Gasteiger partial charge in [-0.15, -0.1) is 11.6 Å². The van der Waals surface area contributed by atoms with Crippen LogP contribution in [0.4, 0.5) is 8.78 Å². The molecular weight excluding hydrogens is 212 g/mol. The Balaban J connectivity index is 3.27. The summed E-state index contributed by atoms with van der Waals surface area (Å²) in [6, 6.07) is 0. The third-order valence-electron chi connectivity index (χ3n) is 2.11. The first kappa shape index (κ1) is 11.3. The molecule has 1 N–H and O–H groups in total. The maximum absolute atomic E-state index is 12.4. The molecule has 1 aromatic rings. The lowest BCUT2D eigenvalue weighted by Crippen LogP contribution is -2.03. The van der Waals surface area contributed by atoms with Crippen LogP contribution in [0.3, 0.4) is 0 Å². The van der Waals surface area contributed by atoms with Gasteiger partial charge in [-0.1, -0.05) is 0 Å². The minimum absolute atomic E-state index is 0.111. The van der Waals surface area contributed by atoms with Crippen molar-refractivity contribution in [1.29, 1.82) is 0 Å². The minimum atomic E-state index is -2.57. The van der Waals surface area contributed by atoms with E-state index in [4.69, 9.17) is 16.7 Å². The number of nitrogens with zero attached hydrogens (tertiary/aromatic N) is 1. The quantitative estimate of drug-likeness (QED) is 0.796. The van der Waals surface area contributed by atoms with Crippen molar-refractivity contribution in [3.63, 3.8) is 0 Å². The fourth-order valence-corrected chi connectivity index (χ4v) is 1.49. The number of aromatic nitrogens is 1. The molecule has 0 unspecified atom stereocenters. The van der Waals surface area contributed by atoms with E-state index in [1.165, 1.54) is 6.92 Å². The summed E-state index contributed by atoms with van der Waals surface area (Å²) < 4.78 is 24.9. The van der Waals surface area contributed by atoms with E-state index in [0.717, 1.165) is 6.20 Å². The van der Waals surface area contributed by atoms with Gasteiger partial charge in [0.1, 0.15) is 0 Å². The van der Waals surface area contributed by atoms with Gasteiger partial charge in [0.15, 0.2) is 0 Å². The van der Waals surface area contributed by atoms with Crippen molar-refractivity contribution in [2.75, 3.05) is 0 Å². The van der Waals surface area contributed by atoms with Crippen LogP contribution in [0, 0.1) is 6.92 Å². The van der Waals surface area contributed by atoms with Crippen molar-refractivity contribution in [3.05, 3.63) is 28.6 Å². The Bertz CT molecular complexity index is 331. The van der Waals surface area contributed by atoms with Crippen LogP contribution in [0.15, 0.2) is 6.20 Å². The highest BCUT2D eigenvalue weighted by atomic mass is 35.5. The summed E-state index contributed by atoms with van der Waals surface area (Å²) in [4.78, 5) is 3.78. The van der Waals surface area contributed by atoms with Gasteiger partial charge in [-0.2, -0.15) is 0 Å². The lowest BCUT2D eigenvalue weighted by Gasteiger charge is -2.11. The summed E-state index contributed by atoms with van der Waals surface area (Å²) in [5.74, 6) is 0.111. The molecule has 1 rings (SSSR count). The Hall–Kier alpha value is -0.740. The standard InChI is InChI=1S/C9H10ClF2NO/c1-5-6(9(11)12)3-13-8(2-10)7(5)4-14/h3,9,14H,2,4H2,1H3. The molecule has 0 fully saturated rings. The van der Waals surface area contributed by atoms with Crippen molar-refractivity contribution < 1.29 is 13.9 Å². The van der Waals surface area contributed by atoms with Crippen LogP contribution in [-0.2, 0) is 12.5 Å². The first-order valence-electron chi connectivity index (χ1n) is 4.04. The van der Waals surface area contributed by atoms with Crippen LogP contribution in [0.5, 0.6) is 0 Å². The van der Waals surface area contributed by atoms with Crippen molar-refractivity contribution in [2.45, 2.75) is 25.8 Å². The third-order valence-corrected chi connectivity index (χ3v) is 2.37. The van der Waals surface area contributed by atoms with E-state index in [0.29, 0.717) is 16.8 Å². The van der Waals surface area contributed by atoms with Gasteiger partial charge in [-0.3, -0.25) is 4.98 Å². The van der Waals surface area contributed by atoms with Gasteiger partial charge in [-0.05, 0) is 12.5 Å². The number of aliphatic hydroxyl groups is 1. The van der Waals surface area contributed by atoms with Crippen molar-refractivity contribution >= 4 is 11.6 Å². The Labute approximate surface area is 85.5 Å². The van der Waals surface area contributed by atoms with Crippen molar-refractivity contribution in [1.82, 2.24) is 4.98 Å². The second-order valence-electron chi connectivity index (χ2n) is 2.86. The Morgan fingerprint density at radius 2 is 2.21 bits per heavy atom. The maximum atomic E-state index is 12.4. The predicted molar refractivity (Wildman–Crippen MR) is 49.4 cm³/mol. The van der Waals surface area contributed by atoms with Crippen LogP contribution in [0.2, 0.25) is 0 Å². The van der Waals surface area contributed by atoms with E-state index in [-0.39, 0.29) is 18.1 Å². The second kappa shape index (κ2) is 4.66. The zero-order valence-corrected chi connectivity index (χ0v) is 8.35. The molecule has 2 nitrogen and oxygen atoms in total. The minimum Gasteiger partial charge on any atom is -0.392 e. The van der Waals surface area contributed by atoms with Crippen LogP contribution >= 0.6 is 11.6 Å². The molecule has 0 aromatic carbocycles. The van der Waals surface area contributed by atoms with Gasteiger partial charge in [0.05, 0.1) is 18.2 Å². The molecular formula is C9H10ClF2NO. The van der Waals surface area contributed by atoms with Crippen LogP contribution in [0.25, 0.3) is 0 Å². The first-order valence-corrected chi connectivity index (χ1v) is 4.57. The molecule has 0 atom stereocenters. The smallest absolute Gasteiger partial charge is 0.265 e. The summed E-state index contributed by atoms with van der Waals surface area (Å²) in [5.41, 5.74) is 1.07. The van der Waals surface area contributed by atoms with E-state index in [1.54, 1.807) is 0 Å². The molecule has 0 amide bonds. The molecule has 0 aliphatic carbocycles. The molecule has 0 bridgehead atoms. The fraction of sp³-hybridized carbons (Fsp3) is 0.444. The normalized spacial score (nSPS) is 11.0. The molecule has 1 aromatic heterocycles. The number of alkyl halides is 3. The van der Waals surface area contributed by atoms with Gasteiger partial charge < -0.3 is 5.11 Å². The highest BCUT2D eigenvalue weighted by Crippen LogP contribution is 2.26. The summed E-state index contributed by atoms with van der Waals surface area (Å²) in [6.07, 6.45) is -1.46. The number of pyridine rings is 1. The SMILES string of the molecule is Cc1c(C(F)F)cnc(CCl)c1CO. The number of hydrogen-bond acceptors (Lipinski definition) is 2. The topological polar surface area (TPSA) is 33.1 Å². The average molecular weight is 222 g/mol. The van der Waals surface area contributed by atoms with E-state index in [2.05, 4.69) is 4.98 Å². The second-order valence-corrected chi connectivity index (χ2v) is 3.12. The zero-order valence-electron chi connectivity index (χ0n) is 7.60. The summed E-state index contributed by atoms with van der Waals surface area (Å²) in [6.45, 7) is 1.21. The van der Waals surface area contributed by atoms with E-state index in [9.17, 15) is 8.78 Å². The van der Waals surface area contributed by atoms with Crippen LogP contribution in [-0.4, -0.2) is 10.1 Å². The van der Waals surface area contributed by atoms with Crippen LogP contribution in [0.1, 0.15) is 28.8 Å². The summed E-state index contributed by atoms with van der Waals surface area (Å²) in [7, 11) is 0. The molecule has 0 aliphatic heterocycles. The lowest BCUT2D eigenvalue weighted by molar-refractivity contribution is 0.149. The number of rotatable bonds is 3. The number of halogens is 3. The fourth-order valence-electron chi connectivity index (χ4n) is 1.26. The Kier molecular flexibility index (Phi) is 3.77. The Morgan fingerprint density at radius 1 is 1.57 bits per heavy atom. The highest BCUT2D eigenvalue weighted by molar-refractivity contribution is 6.17. The van der Waals surface area contributed by atoms with E-state index < -0.39 is 6.43 Å². The molecule has 0 radical (unpaired) electrons. The van der Waals surface area contributed by atoms with Crippen molar-refractivity contribution in [2.24, 2.45) is 0 Å². The molecule has 5 heteroatoms. The predicted octanol–water partition coefficient (Wildman–Crippen LogP) is 2.56. The Morgan fingerprint density at radius 3 is 2.64 bits per heavy atom. The molecule has 0 spiro atoms. The third kappa shape index (κ3) is 2.01. The first-order chi connectivity index (χ1) is 6.61. The van der Waals surface area contributed by atoms with Crippen LogP contribution < -0.4 is 0 Å². The molecule has 0 saturated heterocycles. The van der Waals surface area contributed by atoms with E-state index in [1.807, 2.05) is 0 Å². The molecule has 0 saturated carbocycles. The maximum Gasteiger partial charge on any atom is 0.265 e. The summed E-state index contributed by atoms with van der Waals surface area (Å²) in [5, 5.41) is 8.99. The van der Waals surface area contributed by atoms with Gasteiger partial charge in [0.25, 0.3) is 6.43 Å². The summed E-state index contributed by atoms with van der Waals surface area (Å²) >= 11 is 5.55. The zero-order chi connectivity index (χ0) is 10.7. The number of hydrogen-bond donors (Lipinski definition) is 1. The largest absolute Gasteiger partial charge is 0.392 e. The van der Waals surface area contributed by atoms with Gasteiger partial charge in [0, 0.05) is 17.3 Å². The van der Waals surface area contributed by atoms with E-state index >= 15 is 0 Å². The van der Waals surface area contributed by atoms with Gasteiger partial charge >= 0.3 is 0 Å². The van der Waals surface area contributed by atoms with Gasteiger partial charge in [-0.25, -0.2) is 8.78 Å². The van der Waals surface area contributed by atoms with Gasteiger partial charge in [0.2, 0.25) is 0 Å². The number of aliphatic hydroxyl groups excluding tert-OH is 1. The highest BCUT2D eigenvalue weighted by Gasteiger charge is 2.16. The van der Waals surface area contributed by atoms with Crippen molar-refractivity contribution in [3.8, 4) is 0 Å². The lowest BCUT2D eigenvalue weighted by atomic mass is 10.0. The molecule has 14 heavy (non-hydrogen) atoms. The molecule has 78 valence electrons. The average Bonchev–Trinajstić information content (AvgIpc) is 2.16. The molecule has 1 heterocycles.